The highest BCUT2D eigenvalue weighted by atomic mass is 32.2. The number of nitrogens with one attached hydrogen (secondary N) is 1. The highest BCUT2D eigenvalue weighted by molar-refractivity contribution is 7.91. The molecule has 1 unspecified atom stereocenters. The molecule has 2 amide bonds. The van der Waals surface area contributed by atoms with Crippen LogP contribution < -0.4 is 5.32 Å². The normalized spacial score (nSPS) is 23.6. The van der Waals surface area contributed by atoms with E-state index < -0.39 is 9.84 Å². The molecule has 2 saturated heterocycles. The zero-order chi connectivity index (χ0) is 19.6. The van der Waals surface area contributed by atoms with E-state index in [2.05, 4.69) is 10.3 Å². The molecule has 28 heavy (non-hydrogen) atoms. The molecular formula is C21H25N3O3S. The number of carbonyl (C=O) groups is 1. The van der Waals surface area contributed by atoms with Crippen molar-refractivity contribution in [2.24, 2.45) is 5.41 Å². The number of rotatable bonds is 3. The summed E-state index contributed by atoms with van der Waals surface area (Å²) in [5, 5.41) is 2.99. The summed E-state index contributed by atoms with van der Waals surface area (Å²) >= 11 is 0. The first-order valence-corrected chi connectivity index (χ1v) is 11.5. The number of amides is 2. The number of sulfone groups is 1. The first kappa shape index (κ1) is 18.9. The van der Waals surface area contributed by atoms with Crippen molar-refractivity contribution in [3.8, 4) is 11.3 Å². The van der Waals surface area contributed by atoms with Crippen molar-refractivity contribution in [1.82, 2.24) is 15.2 Å². The van der Waals surface area contributed by atoms with Crippen LogP contribution in [0.3, 0.4) is 0 Å². The fourth-order valence-corrected chi connectivity index (χ4v) is 6.55. The second kappa shape index (κ2) is 7.54. The van der Waals surface area contributed by atoms with Gasteiger partial charge in [0, 0.05) is 36.8 Å². The standard InChI is InChI=1S/C21H25N3O3S/c25-20(24-11-4-8-21(15-24)9-12-28(26,27)16-21)23-14-17-5-3-6-18(13-17)19-7-1-2-10-22-19/h1-3,5-7,10,13H,4,8-9,11-12,14-16H2,(H,23,25). The first-order chi connectivity index (χ1) is 13.4. The monoisotopic (exact) mass is 399 g/mol. The van der Waals surface area contributed by atoms with Crippen LogP contribution in [0.4, 0.5) is 4.79 Å². The van der Waals surface area contributed by atoms with Gasteiger partial charge in [-0.15, -0.1) is 0 Å². The molecule has 6 nitrogen and oxygen atoms in total. The highest BCUT2D eigenvalue weighted by Gasteiger charge is 2.45. The number of piperidine rings is 1. The van der Waals surface area contributed by atoms with Crippen LogP contribution in [0.25, 0.3) is 11.3 Å². The molecule has 2 fully saturated rings. The molecule has 2 aliphatic heterocycles. The van der Waals surface area contributed by atoms with Crippen LogP contribution in [0.1, 0.15) is 24.8 Å². The molecule has 1 spiro atoms. The highest BCUT2D eigenvalue weighted by Crippen LogP contribution is 2.40. The molecule has 1 N–H and O–H groups in total. The Balaban J connectivity index is 1.38. The number of likely N-dealkylation sites (tertiary alicyclic amines) is 1. The van der Waals surface area contributed by atoms with Gasteiger partial charge in [0.15, 0.2) is 9.84 Å². The van der Waals surface area contributed by atoms with Crippen LogP contribution in [0.15, 0.2) is 48.7 Å². The number of nitrogens with zero attached hydrogens (tertiary/aromatic N) is 2. The lowest BCUT2D eigenvalue weighted by molar-refractivity contribution is 0.121. The fraction of sp³-hybridized carbons (Fsp3) is 0.429. The number of hydrogen-bond acceptors (Lipinski definition) is 4. The van der Waals surface area contributed by atoms with Crippen LogP contribution in [0, 0.1) is 5.41 Å². The average molecular weight is 400 g/mol. The number of urea groups is 1. The van der Waals surface area contributed by atoms with Crippen LogP contribution in [0.5, 0.6) is 0 Å². The third kappa shape index (κ3) is 4.19. The molecule has 0 saturated carbocycles. The number of benzene rings is 1. The molecule has 0 radical (unpaired) electrons. The molecule has 0 bridgehead atoms. The minimum Gasteiger partial charge on any atom is -0.334 e. The Morgan fingerprint density at radius 3 is 2.82 bits per heavy atom. The molecule has 0 aliphatic carbocycles. The summed E-state index contributed by atoms with van der Waals surface area (Å²) in [5.74, 6) is 0.471. The van der Waals surface area contributed by atoms with Crippen molar-refractivity contribution in [1.29, 1.82) is 0 Å². The topological polar surface area (TPSA) is 79.4 Å². The minimum atomic E-state index is -2.95. The van der Waals surface area contributed by atoms with E-state index in [9.17, 15) is 13.2 Å². The number of hydrogen-bond donors (Lipinski definition) is 1. The number of pyridine rings is 1. The molecule has 1 aromatic carbocycles. The van der Waals surface area contributed by atoms with Crippen molar-refractivity contribution in [3.63, 3.8) is 0 Å². The summed E-state index contributed by atoms with van der Waals surface area (Å²) in [6, 6.07) is 13.7. The maximum absolute atomic E-state index is 12.7. The lowest BCUT2D eigenvalue weighted by Gasteiger charge is -2.39. The van der Waals surface area contributed by atoms with Gasteiger partial charge in [-0.05, 0) is 43.0 Å². The molecule has 2 aromatic rings. The quantitative estimate of drug-likeness (QED) is 0.861. The predicted molar refractivity (Wildman–Crippen MR) is 108 cm³/mol. The van der Waals surface area contributed by atoms with Gasteiger partial charge >= 0.3 is 6.03 Å². The van der Waals surface area contributed by atoms with Crippen LogP contribution in [-0.4, -0.2) is 48.9 Å². The van der Waals surface area contributed by atoms with E-state index in [1.807, 2.05) is 42.5 Å². The molecule has 3 heterocycles. The Bertz CT molecular complexity index is 962. The summed E-state index contributed by atoms with van der Waals surface area (Å²) in [7, 11) is -2.95. The molecule has 148 valence electrons. The Kier molecular flexibility index (Phi) is 5.10. The zero-order valence-electron chi connectivity index (χ0n) is 15.8. The van der Waals surface area contributed by atoms with Crippen molar-refractivity contribution >= 4 is 15.9 Å². The van der Waals surface area contributed by atoms with E-state index >= 15 is 0 Å². The third-order valence-electron chi connectivity index (χ3n) is 5.75. The van der Waals surface area contributed by atoms with Gasteiger partial charge in [0.05, 0.1) is 17.2 Å². The smallest absolute Gasteiger partial charge is 0.317 e. The Morgan fingerprint density at radius 2 is 2.07 bits per heavy atom. The van der Waals surface area contributed by atoms with Crippen molar-refractivity contribution in [2.45, 2.75) is 25.8 Å². The van der Waals surface area contributed by atoms with E-state index in [1.165, 1.54) is 0 Å². The van der Waals surface area contributed by atoms with E-state index in [-0.39, 0.29) is 23.0 Å². The second-order valence-corrected chi connectivity index (χ2v) is 10.1. The van der Waals surface area contributed by atoms with E-state index in [1.54, 1.807) is 11.1 Å². The predicted octanol–water partition coefficient (Wildman–Crippen LogP) is 2.86. The summed E-state index contributed by atoms with van der Waals surface area (Å²) in [6.07, 6.45) is 4.19. The molecule has 1 aromatic heterocycles. The van der Waals surface area contributed by atoms with Gasteiger partial charge in [0.25, 0.3) is 0 Å². The fourth-order valence-electron chi connectivity index (χ4n) is 4.35. The van der Waals surface area contributed by atoms with Gasteiger partial charge in [-0.2, -0.15) is 0 Å². The second-order valence-electron chi connectivity index (χ2n) is 7.94. The zero-order valence-corrected chi connectivity index (χ0v) is 16.6. The molecule has 7 heteroatoms. The van der Waals surface area contributed by atoms with Gasteiger partial charge in [-0.3, -0.25) is 4.98 Å². The van der Waals surface area contributed by atoms with E-state index in [0.717, 1.165) is 29.7 Å². The Labute approximate surface area is 165 Å². The number of aromatic nitrogens is 1. The van der Waals surface area contributed by atoms with Crippen molar-refractivity contribution in [3.05, 3.63) is 54.2 Å². The summed E-state index contributed by atoms with van der Waals surface area (Å²) < 4.78 is 23.8. The lowest BCUT2D eigenvalue weighted by atomic mass is 9.80. The van der Waals surface area contributed by atoms with Gasteiger partial charge in [0.1, 0.15) is 0 Å². The van der Waals surface area contributed by atoms with Gasteiger partial charge < -0.3 is 10.2 Å². The summed E-state index contributed by atoms with van der Waals surface area (Å²) in [6.45, 7) is 1.65. The molecular weight excluding hydrogens is 374 g/mol. The number of carbonyl (C=O) groups excluding carboxylic acids is 1. The van der Waals surface area contributed by atoms with Crippen LogP contribution >= 0.6 is 0 Å². The largest absolute Gasteiger partial charge is 0.334 e. The SMILES string of the molecule is O=C(NCc1cccc(-c2ccccn2)c1)N1CCCC2(CCS(=O)(=O)C2)C1. The molecule has 2 aliphatic rings. The third-order valence-corrected chi connectivity index (χ3v) is 7.63. The lowest BCUT2D eigenvalue weighted by Crippen LogP contribution is -2.50. The van der Waals surface area contributed by atoms with Gasteiger partial charge in [-0.25, -0.2) is 13.2 Å². The van der Waals surface area contributed by atoms with E-state index in [0.29, 0.717) is 26.1 Å². The Hall–Kier alpha value is -2.41. The van der Waals surface area contributed by atoms with Crippen molar-refractivity contribution < 1.29 is 13.2 Å². The van der Waals surface area contributed by atoms with E-state index in [4.69, 9.17) is 0 Å². The molecule has 1 atom stereocenters. The van der Waals surface area contributed by atoms with Gasteiger partial charge in [0.2, 0.25) is 0 Å². The average Bonchev–Trinajstić information content (AvgIpc) is 3.00. The maximum atomic E-state index is 12.7. The Morgan fingerprint density at radius 1 is 1.18 bits per heavy atom. The molecule has 4 rings (SSSR count). The first-order valence-electron chi connectivity index (χ1n) is 9.68. The van der Waals surface area contributed by atoms with Crippen LogP contribution in [-0.2, 0) is 16.4 Å². The maximum Gasteiger partial charge on any atom is 0.317 e. The van der Waals surface area contributed by atoms with Crippen LogP contribution in [0.2, 0.25) is 0 Å². The minimum absolute atomic E-state index is 0.119. The summed E-state index contributed by atoms with van der Waals surface area (Å²) in [4.78, 5) is 18.8. The summed E-state index contributed by atoms with van der Waals surface area (Å²) in [5.41, 5.74) is 2.68. The van der Waals surface area contributed by atoms with Crippen molar-refractivity contribution in [2.75, 3.05) is 24.6 Å². The van der Waals surface area contributed by atoms with Gasteiger partial charge in [-0.1, -0.05) is 24.3 Å².